The summed E-state index contributed by atoms with van der Waals surface area (Å²) in [6.07, 6.45) is -0.0136. The van der Waals surface area contributed by atoms with Crippen molar-refractivity contribution in [2.24, 2.45) is 0 Å². The van der Waals surface area contributed by atoms with Crippen molar-refractivity contribution in [3.8, 4) is 0 Å². The third-order valence-corrected chi connectivity index (χ3v) is 5.23. The number of halogens is 2. The molecule has 2 heterocycles. The first kappa shape index (κ1) is 10.6. The Morgan fingerprint density at radius 3 is 2.86 bits per heavy atom. The number of morpholine rings is 1. The van der Waals surface area contributed by atoms with Gasteiger partial charge < -0.3 is 10.1 Å². The van der Waals surface area contributed by atoms with Crippen molar-refractivity contribution in [3.63, 3.8) is 0 Å². The monoisotopic (exact) mass is 339 g/mol. The van der Waals surface area contributed by atoms with Gasteiger partial charge in [-0.2, -0.15) is 0 Å². The fourth-order valence-electron chi connectivity index (χ4n) is 1.20. The van der Waals surface area contributed by atoms with E-state index in [1.54, 1.807) is 11.3 Å². The highest BCUT2D eigenvalue weighted by Crippen LogP contribution is 2.36. The van der Waals surface area contributed by atoms with Crippen molar-refractivity contribution in [1.82, 2.24) is 5.32 Å². The quantitative estimate of drug-likeness (QED) is 0.852. The Labute approximate surface area is 102 Å². The highest BCUT2D eigenvalue weighted by molar-refractivity contribution is 9.13. The molecule has 2 rings (SSSR count). The fourth-order valence-corrected chi connectivity index (χ4v) is 3.34. The van der Waals surface area contributed by atoms with Crippen molar-refractivity contribution < 1.29 is 9.53 Å². The van der Waals surface area contributed by atoms with E-state index in [9.17, 15) is 4.79 Å². The van der Waals surface area contributed by atoms with Crippen molar-refractivity contribution in [2.45, 2.75) is 6.10 Å². The lowest BCUT2D eigenvalue weighted by Gasteiger charge is -2.21. The molecule has 6 heteroatoms. The fraction of sp³-hybridized carbons (Fsp3) is 0.375. The number of amides is 1. The largest absolute Gasteiger partial charge is 0.361 e. The predicted molar refractivity (Wildman–Crippen MR) is 61.4 cm³/mol. The number of rotatable bonds is 1. The van der Waals surface area contributed by atoms with Gasteiger partial charge >= 0.3 is 0 Å². The first-order valence-electron chi connectivity index (χ1n) is 4.00. The molecule has 1 aliphatic rings. The summed E-state index contributed by atoms with van der Waals surface area (Å²) < 4.78 is 7.48. The van der Waals surface area contributed by atoms with Crippen LogP contribution in [0.5, 0.6) is 0 Å². The molecule has 1 fully saturated rings. The van der Waals surface area contributed by atoms with Crippen molar-refractivity contribution >= 4 is 49.1 Å². The van der Waals surface area contributed by atoms with Gasteiger partial charge in [0.15, 0.2) is 0 Å². The SMILES string of the molecule is O=C1COC(c2cc(Br)c(Br)s2)CN1. The van der Waals surface area contributed by atoms with Crippen LogP contribution < -0.4 is 5.32 Å². The zero-order chi connectivity index (χ0) is 10.1. The first-order valence-corrected chi connectivity index (χ1v) is 6.40. The molecule has 0 aromatic carbocycles. The number of hydrogen-bond donors (Lipinski definition) is 1. The molecule has 1 aromatic heterocycles. The number of nitrogens with one attached hydrogen (secondary N) is 1. The first-order chi connectivity index (χ1) is 6.66. The number of carbonyl (C=O) groups is 1. The molecule has 0 radical (unpaired) electrons. The van der Waals surface area contributed by atoms with E-state index in [1.165, 1.54) is 0 Å². The van der Waals surface area contributed by atoms with Gasteiger partial charge in [-0.25, -0.2) is 0 Å². The lowest BCUT2D eigenvalue weighted by molar-refractivity contribution is -0.133. The summed E-state index contributed by atoms with van der Waals surface area (Å²) in [5.74, 6) is -0.0454. The van der Waals surface area contributed by atoms with Gasteiger partial charge in [0.2, 0.25) is 5.91 Å². The molecule has 1 aliphatic heterocycles. The molecule has 14 heavy (non-hydrogen) atoms. The van der Waals surface area contributed by atoms with Crippen LogP contribution in [0.4, 0.5) is 0 Å². The van der Waals surface area contributed by atoms with Gasteiger partial charge in [0.05, 0.1) is 3.79 Å². The van der Waals surface area contributed by atoms with Crippen molar-refractivity contribution in [3.05, 3.63) is 19.2 Å². The van der Waals surface area contributed by atoms with Crippen LogP contribution in [0, 0.1) is 0 Å². The van der Waals surface area contributed by atoms with E-state index >= 15 is 0 Å². The highest BCUT2D eigenvalue weighted by atomic mass is 79.9. The Bertz CT molecular complexity index is 337. The second-order valence-electron chi connectivity index (χ2n) is 2.87. The summed E-state index contributed by atoms with van der Waals surface area (Å²) in [5.41, 5.74) is 0. The van der Waals surface area contributed by atoms with Gasteiger partial charge in [-0.05, 0) is 37.9 Å². The van der Waals surface area contributed by atoms with E-state index in [2.05, 4.69) is 37.2 Å². The molecule has 1 saturated heterocycles. The Balaban J connectivity index is 2.12. The van der Waals surface area contributed by atoms with Gasteiger partial charge in [0.1, 0.15) is 12.7 Å². The van der Waals surface area contributed by atoms with E-state index in [0.29, 0.717) is 6.54 Å². The van der Waals surface area contributed by atoms with E-state index in [-0.39, 0.29) is 18.6 Å². The Kier molecular flexibility index (Phi) is 3.26. The van der Waals surface area contributed by atoms with E-state index < -0.39 is 0 Å². The standard InChI is InChI=1S/C8H7Br2NO2S/c9-4-1-6(14-8(4)10)5-2-11-7(12)3-13-5/h1,5H,2-3H2,(H,11,12). The molecule has 1 amide bonds. The minimum atomic E-state index is -0.0454. The predicted octanol–water partition coefficient (Wildman–Crippen LogP) is 2.46. The summed E-state index contributed by atoms with van der Waals surface area (Å²) in [6, 6.07) is 2.01. The molecule has 1 N–H and O–H groups in total. The van der Waals surface area contributed by atoms with Crippen LogP contribution in [-0.4, -0.2) is 19.1 Å². The van der Waals surface area contributed by atoms with E-state index in [4.69, 9.17) is 4.74 Å². The summed E-state index contributed by atoms with van der Waals surface area (Å²) in [7, 11) is 0. The normalized spacial score (nSPS) is 22.1. The smallest absolute Gasteiger partial charge is 0.246 e. The maximum atomic E-state index is 10.9. The third-order valence-electron chi connectivity index (χ3n) is 1.88. The van der Waals surface area contributed by atoms with Gasteiger partial charge in [-0.3, -0.25) is 4.79 Å². The molecule has 0 spiro atoms. The maximum absolute atomic E-state index is 10.9. The summed E-state index contributed by atoms with van der Waals surface area (Å²) in [5, 5.41) is 2.77. The summed E-state index contributed by atoms with van der Waals surface area (Å²) in [4.78, 5) is 12.0. The molecular weight excluding hydrogens is 334 g/mol. The number of carbonyl (C=O) groups excluding carboxylic acids is 1. The molecule has 3 nitrogen and oxygen atoms in total. The minimum absolute atomic E-state index is 0.0136. The lowest BCUT2D eigenvalue weighted by Crippen LogP contribution is -2.38. The van der Waals surface area contributed by atoms with Gasteiger partial charge in [-0.1, -0.05) is 0 Å². The average Bonchev–Trinajstić information content (AvgIpc) is 2.48. The van der Waals surface area contributed by atoms with Gasteiger partial charge in [0.25, 0.3) is 0 Å². The van der Waals surface area contributed by atoms with Crippen LogP contribution in [0.15, 0.2) is 14.3 Å². The highest BCUT2D eigenvalue weighted by Gasteiger charge is 2.22. The van der Waals surface area contributed by atoms with Crippen molar-refractivity contribution in [2.75, 3.05) is 13.2 Å². The molecular formula is C8H7Br2NO2S. The molecule has 1 unspecified atom stereocenters. The number of ether oxygens (including phenoxy) is 1. The number of thiophene rings is 1. The molecule has 0 aliphatic carbocycles. The molecule has 0 saturated carbocycles. The molecule has 1 aromatic rings. The number of hydrogen-bond acceptors (Lipinski definition) is 3. The molecule has 0 bridgehead atoms. The second-order valence-corrected chi connectivity index (χ2v) is 6.13. The zero-order valence-electron chi connectivity index (χ0n) is 7.05. The summed E-state index contributed by atoms with van der Waals surface area (Å²) in [6.45, 7) is 0.704. The van der Waals surface area contributed by atoms with Gasteiger partial charge in [0, 0.05) is 15.9 Å². The average molecular weight is 341 g/mol. The second kappa shape index (κ2) is 4.30. The Morgan fingerprint density at radius 2 is 2.36 bits per heavy atom. The van der Waals surface area contributed by atoms with Crippen LogP contribution in [0.25, 0.3) is 0 Å². The Morgan fingerprint density at radius 1 is 1.57 bits per heavy atom. The topological polar surface area (TPSA) is 38.3 Å². The zero-order valence-corrected chi connectivity index (χ0v) is 11.0. The van der Waals surface area contributed by atoms with Crippen LogP contribution in [-0.2, 0) is 9.53 Å². The van der Waals surface area contributed by atoms with Crippen LogP contribution in [0.3, 0.4) is 0 Å². The summed E-state index contributed by atoms with van der Waals surface area (Å²) >= 11 is 8.45. The van der Waals surface area contributed by atoms with E-state index in [0.717, 1.165) is 13.1 Å². The van der Waals surface area contributed by atoms with Crippen LogP contribution in [0.2, 0.25) is 0 Å². The Hall–Kier alpha value is 0.0900. The van der Waals surface area contributed by atoms with E-state index in [1.807, 2.05) is 6.07 Å². The van der Waals surface area contributed by atoms with Crippen LogP contribution in [0.1, 0.15) is 11.0 Å². The lowest BCUT2D eigenvalue weighted by atomic mass is 10.2. The van der Waals surface area contributed by atoms with Crippen molar-refractivity contribution in [1.29, 1.82) is 0 Å². The molecule has 76 valence electrons. The van der Waals surface area contributed by atoms with Crippen LogP contribution >= 0.6 is 43.2 Å². The third kappa shape index (κ3) is 2.18. The maximum Gasteiger partial charge on any atom is 0.246 e. The van der Waals surface area contributed by atoms with Gasteiger partial charge in [-0.15, -0.1) is 11.3 Å². The minimum Gasteiger partial charge on any atom is -0.361 e. The molecule has 1 atom stereocenters.